The van der Waals surface area contributed by atoms with Crippen LogP contribution in [0.2, 0.25) is 0 Å². The van der Waals surface area contributed by atoms with Crippen LogP contribution in [0.4, 0.5) is 5.82 Å². The molecule has 3 N–H and O–H groups in total. The van der Waals surface area contributed by atoms with Gasteiger partial charge in [-0.3, -0.25) is 0 Å². The lowest BCUT2D eigenvalue weighted by molar-refractivity contribution is 0.0732. The van der Waals surface area contributed by atoms with Gasteiger partial charge in [-0.1, -0.05) is 24.3 Å². The number of aliphatic hydroxyl groups is 2. The zero-order chi connectivity index (χ0) is 15.1. The monoisotopic (exact) mass is 297 g/mol. The molecule has 0 radical (unpaired) electrons. The maximum absolute atomic E-state index is 10.3. The number of aromatic nitrogens is 2. The van der Waals surface area contributed by atoms with Crippen molar-refractivity contribution in [3.63, 3.8) is 0 Å². The number of nitrogens with one attached hydrogen (secondary N) is 1. The van der Waals surface area contributed by atoms with Crippen molar-refractivity contribution in [1.82, 2.24) is 9.97 Å². The molecule has 5 nitrogen and oxygen atoms in total. The molecule has 1 aromatic carbocycles. The van der Waals surface area contributed by atoms with Crippen LogP contribution in [0.3, 0.4) is 0 Å². The van der Waals surface area contributed by atoms with Crippen LogP contribution in [0.25, 0.3) is 0 Å². The molecule has 2 aliphatic rings. The lowest BCUT2D eigenvalue weighted by atomic mass is 9.80. The topological polar surface area (TPSA) is 78.3 Å². The molecule has 0 unspecified atom stereocenters. The lowest BCUT2D eigenvalue weighted by Gasteiger charge is -2.31. The molecular formula is C17H19N3O2. The van der Waals surface area contributed by atoms with Crippen molar-refractivity contribution in [2.24, 2.45) is 0 Å². The predicted octanol–water partition coefficient (Wildman–Crippen LogP) is 1.79. The Morgan fingerprint density at radius 2 is 1.91 bits per heavy atom. The average molecular weight is 297 g/mol. The summed E-state index contributed by atoms with van der Waals surface area (Å²) in [5.74, 6) is 1.05. The van der Waals surface area contributed by atoms with Crippen molar-refractivity contribution in [1.29, 1.82) is 0 Å². The molecule has 2 atom stereocenters. The van der Waals surface area contributed by atoms with Gasteiger partial charge in [0.05, 0.1) is 18.2 Å². The van der Waals surface area contributed by atoms with Crippen molar-refractivity contribution in [3.05, 3.63) is 53.5 Å². The molecule has 4 rings (SSSR count). The van der Waals surface area contributed by atoms with Gasteiger partial charge in [-0.15, -0.1) is 0 Å². The number of hydrogen-bond acceptors (Lipinski definition) is 5. The fourth-order valence-corrected chi connectivity index (χ4v) is 3.41. The Kier molecular flexibility index (Phi) is 3.32. The van der Waals surface area contributed by atoms with Gasteiger partial charge in [-0.25, -0.2) is 9.97 Å². The number of nitrogens with zero attached hydrogens (tertiary/aromatic N) is 2. The Labute approximate surface area is 129 Å². The van der Waals surface area contributed by atoms with Crippen LogP contribution >= 0.6 is 0 Å². The van der Waals surface area contributed by atoms with Gasteiger partial charge in [-0.2, -0.15) is 0 Å². The van der Waals surface area contributed by atoms with Crippen molar-refractivity contribution in [2.45, 2.75) is 43.4 Å². The Morgan fingerprint density at radius 1 is 1.09 bits per heavy atom. The van der Waals surface area contributed by atoms with Gasteiger partial charge in [0, 0.05) is 24.1 Å². The molecule has 1 fully saturated rings. The molecule has 2 aliphatic carbocycles. The van der Waals surface area contributed by atoms with Crippen LogP contribution in [0.5, 0.6) is 0 Å². The summed E-state index contributed by atoms with van der Waals surface area (Å²) in [5, 5.41) is 23.1. The fourth-order valence-electron chi connectivity index (χ4n) is 3.41. The van der Waals surface area contributed by atoms with E-state index in [1.54, 1.807) is 6.33 Å². The van der Waals surface area contributed by atoms with Crippen LogP contribution in [0.1, 0.15) is 41.6 Å². The number of benzene rings is 1. The first kappa shape index (κ1) is 13.7. The van der Waals surface area contributed by atoms with Gasteiger partial charge in [0.25, 0.3) is 0 Å². The van der Waals surface area contributed by atoms with Crippen molar-refractivity contribution in [2.75, 3.05) is 5.32 Å². The minimum atomic E-state index is -0.443. The zero-order valence-electron chi connectivity index (χ0n) is 12.2. The second-order valence-corrected chi connectivity index (χ2v) is 6.24. The summed E-state index contributed by atoms with van der Waals surface area (Å²) in [4.78, 5) is 8.58. The molecule has 0 amide bonds. The Hall–Kier alpha value is -1.98. The largest absolute Gasteiger partial charge is 0.393 e. The Balaban J connectivity index is 1.55. The number of aliphatic hydroxyl groups excluding tert-OH is 2. The number of hydrogen-bond donors (Lipinski definition) is 3. The third-order valence-electron chi connectivity index (χ3n) is 4.73. The van der Waals surface area contributed by atoms with E-state index in [0.717, 1.165) is 29.9 Å². The van der Waals surface area contributed by atoms with Gasteiger partial charge in [0.15, 0.2) is 0 Å². The second kappa shape index (κ2) is 5.34. The quantitative estimate of drug-likeness (QED) is 0.805. The van der Waals surface area contributed by atoms with E-state index in [0.29, 0.717) is 12.3 Å². The van der Waals surface area contributed by atoms with Gasteiger partial charge < -0.3 is 15.5 Å². The molecule has 22 heavy (non-hydrogen) atoms. The van der Waals surface area contributed by atoms with E-state index in [-0.39, 0.29) is 12.1 Å². The van der Waals surface area contributed by atoms with E-state index < -0.39 is 6.10 Å². The summed E-state index contributed by atoms with van der Waals surface area (Å²) in [5.41, 5.74) is 3.28. The van der Waals surface area contributed by atoms with Gasteiger partial charge in [0.2, 0.25) is 0 Å². The van der Waals surface area contributed by atoms with E-state index in [2.05, 4.69) is 21.4 Å². The maximum atomic E-state index is 10.3. The molecule has 0 bridgehead atoms. The van der Waals surface area contributed by atoms with E-state index in [4.69, 9.17) is 0 Å². The van der Waals surface area contributed by atoms with Crippen LogP contribution in [0.15, 0.2) is 36.7 Å². The standard InChI is InChI=1S/C17H19N3O2/c21-12-5-11(6-12)14-8-16(19-9-18-14)20-17-13-4-2-1-3-10(13)7-15(17)22/h1-4,8-9,11-12,15,17,21-22H,5-7H2,(H,18,19,20)/t11?,12?,15-,17+/m0/s1. The third kappa shape index (κ3) is 2.36. The van der Waals surface area contributed by atoms with Crippen LogP contribution < -0.4 is 5.32 Å². The average Bonchev–Trinajstić information content (AvgIpc) is 2.81. The molecule has 0 aliphatic heterocycles. The highest BCUT2D eigenvalue weighted by Crippen LogP contribution is 2.37. The predicted molar refractivity (Wildman–Crippen MR) is 82.5 cm³/mol. The minimum Gasteiger partial charge on any atom is -0.393 e. The van der Waals surface area contributed by atoms with Gasteiger partial charge in [0.1, 0.15) is 12.1 Å². The normalized spacial score (nSPS) is 29.7. The summed E-state index contributed by atoms with van der Waals surface area (Å²) in [7, 11) is 0. The summed E-state index contributed by atoms with van der Waals surface area (Å²) >= 11 is 0. The van der Waals surface area contributed by atoms with Gasteiger partial charge >= 0.3 is 0 Å². The first-order valence-corrected chi connectivity index (χ1v) is 7.73. The molecule has 0 saturated heterocycles. The molecule has 1 saturated carbocycles. The van der Waals surface area contributed by atoms with Crippen LogP contribution in [0, 0.1) is 0 Å². The maximum Gasteiger partial charge on any atom is 0.130 e. The summed E-state index contributed by atoms with van der Waals surface area (Å²) in [6.07, 6.45) is 3.12. The van der Waals surface area contributed by atoms with Crippen LogP contribution in [-0.2, 0) is 6.42 Å². The minimum absolute atomic E-state index is 0.133. The van der Waals surface area contributed by atoms with E-state index >= 15 is 0 Å². The Morgan fingerprint density at radius 3 is 2.73 bits per heavy atom. The second-order valence-electron chi connectivity index (χ2n) is 6.24. The van der Waals surface area contributed by atoms with Crippen LogP contribution in [-0.4, -0.2) is 32.4 Å². The van der Waals surface area contributed by atoms with Crippen molar-refractivity contribution >= 4 is 5.82 Å². The Bertz CT molecular complexity index is 685. The van der Waals surface area contributed by atoms with Gasteiger partial charge in [-0.05, 0) is 24.0 Å². The fraction of sp³-hybridized carbons (Fsp3) is 0.412. The number of fused-ring (bicyclic) bond motifs is 1. The summed E-state index contributed by atoms with van der Waals surface area (Å²) in [6.45, 7) is 0. The summed E-state index contributed by atoms with van der Waals surface area (Å²) in [6, 6.07) is 9.90. The van der Waals surface area contributed by atoms with E-state index in [9.17, 15) is 10.2 Å². The third-order valence-corrected chi connectivity index (χ3v) is 4.73. The molecule has 0 spiro atoms. The highest BCUT2D eigenvalue weighted by molar-refractivity contribution is 5.45. The number of anilines is 1. The molecular weight excluding hydrogens is 278 g/mol. The molecule has 1 heterocycles. The molecule has 1 aromatic heterocycles. The van der Waals surface area contributed by atoms with E-state index in [1.807, 2.05) is 24.3 Å². The first-order valence-electron chi connectivity index (χ1n) is 7.73. The number of rotatable bonds is 3. The molecule has 2 aromatic rings. The molecule has 114 valence electrons. The lowest BCUT2D eigenvalue weighted by Crippen LogP contribution is -2.27. The SMILES string of the molecule is OC1CC(c2cc(N[C@@H]3c4ccccc4C[C@@H]3O)ncn2)C1. The first-order chi connectivity index (χ1) is 10.7. The van der Waals surface area contributed by atoms with Crippen molar-refractivity contribution in [3.8, 4) is 0 Å². The highest BCUT2D eigenvalue weighted by Gasteiger charge is 2.32. The van der Waals surface area contributed by atoms with Crippen molar-refractivity contribution < 1.29 is 10.2 Å². The van der Waals surface area contributed by atoms with E-state index in [1.165, 1.54) is 5.56 Å². The smallest absolute Gasteiger partial charge is 0.130 e. The highest BCUT2D eigenvalue weighted by atomic mass is 16.3. The summed E-state index contributed by atoms with van der Waals surface area (Å²) < 4.78 is 0. The zero-order valence-corrected chi connectivity index (χ0v) is 12.2. The molecule has 5 heteroatoms.